The Morgan fingerprint density at radius 3 is 2.84 bits per heavy atom. The molecule has 1 aromatic carbocycles. The average Bonchev–Trinajstić information content (AvgIpc) is 2.40. The lowest BCUT2D eigenvalue weighted by atomic mass is 10.2. The maximum Gasteiger partial charge on any atom is 0.356 e. The van der Waals surface area contributed by atoms with E-state index in [2.05, 4.69) is 9.97 Å². The first-order chi connectivity index (χ1) is 9.11. The minimum absolute atomic E-state index is 0.146. The third-order valence-corrected chi connectivity index (χ3v) is 2.55. The van der Waals surface area contributed by atoms with Crippen LogP contribution in [0.15, 0.2) is 36.7 Å². The fourth-order valence-electron chi connectivity index (χ4n) is 1.71. The van der Waals surface area contributed by atoms with Gasteiger partial charge in [0.25, 0.3) is 0 Å². The van der Waals surface area contributed by atoms with Crippen LogP contribution in [0, 0.1) is 5.82 Å². The molecule has 19 heavy (non-hydrogen) atoms. The van der Waals surface area contributed by atoms with Gasteiger partial charge in [-0.2, -0.15) is 0 Å². The van der Waals surface area contributed by atoms with Crippen molar-refractivity contribution < 1.29 is 14.3 Å². The predicted molar refractivity (Wildman–Crippen MR) is 68.1 cm³/mol. The fraction of sp³-hybridized carbons (Fsp3) is 0.154. The van der Waals surface area contributed by atoms with Crippen LogP contribution < -0.4 is 4.90 Å². The minimum atomic E-state index is -1.15. The molecule has 6 heteroatoms. The number of halogens is 1. The molecule has 0 bridgehead atoms. The van der Waals surface area contributed by atoms with Gasteiger partial charge < -0.3 is 10.0 Å². The van der Waals surface area contributed by atoms with E-state index in [1.807, 2.05) is 6.92 Å². The number of rotatable bonds is 4. The number of nitrogens with zero attached hydrogens (tertiary/aromatic N) is 3. The molecule has 5 nitrogen and oxygen atoms in total. The molecule has 0 aliphatic heterocycles. The number of aromatic nitrogens is 2. The van der Waals surface area contributed by atoms with Gasteiger partial charge in [0, 0.05) is 12.2 Å². The van der Waals surface area contributed by atoms with Crippen LogP contribution in [0.1, 0.15) is 17.4 Å². The molecular weight excluding hydrogens is 249 g/mol. The number of carbonyl (C=O) groups is 1. The summed E-state index contributed by atoms with van der Waals surface area (Å²) in [6.45, 7) is 2.38. The summed E-state index contributed by atoms with van der Waals surface area (Å²) in [5.74, 6) is -1.14. The zero-order valence-corrected chi connectivity index (χ0v) is 10.2. The third-order valence-electron chi connectivity index (χ3n) is 2.55. The second-order valence-electron chi connectivity index (χ2n) is 3.79. The summed E-state index contributed by atoms with van der Waals surface area (Å²) in [4.78, 5) is 20.4. The number of benzene rings is 1. The van der Waals surface area contributed by atoms with E-state index in [-0.39, 0.29) is 11.5 Å². The van der Waals surface area contributed by atoms with Crippen LogP contribution >= 0.6 is 0 Å². The van der Waals surface area contributed by atoms with Crippen molar-refractivity contribution in [2.45, 2.75) is 6.92 Å². The highest BCUT2D eigenvalue weighted by Gasteiger charge is 2.13. The summed E-state index contributed by atoms with van der Waals surface area (Å²) in [5.41, 5.74) is 0.451. The maximum absolute atomic E-state index is 13.2. The second-order valence-corrected chi connectivity index (χ2v) is 3.79. The monoisotopic (exact) mass is 261 g/mol. The van der Waals surface area contributed by atoms with E-state index in [0.29, 0.717) is 18.1 Å². The van der Waals surface area contributed by atoms with Gasteiger partial charge in [-0.1, -0.05) is 6.07 Å². The van der Waals surface area contributed by atoms with E-state index in [0.717, 1.165) is 0 Å². The molecule has 0 spiro atoms. The standard InChI is InChI=1S/C13H12FN3O2/c1-2-17(10-5-3-4-9(14)6-10)12-8-15-7-11(16-12)13(18)19/h3-8H,2H2,1H3,(H,18,19). The highest BCUT2D eigenvalue weighted by molar-refractivity contribution is 5.85. The van der Waals surface area contributed by atoms with E-state index in [1.54, 1.807) is 17.0 Å². The Bertz CT molecular complexity index is 604. The molecule has 98 valence electrons. The smallest absolute Gasteiger partial charge is 0.356 e. The van der Waals surface area contributed by atoms with E-state index < -0.39 is 5.97 Å². The molecule has 0 fully saturated rings. The van der Waals surface area contributed by atoms with Crippen molar-refractivity contribution in [2.24, 2.45) is 0 Å². The Labute approximate surface area is 109 Å². The summed E-state index contributed by atoms with van der Waals surface area (Å²) in [6.07, 6.45) is 2.62. The van der Waals surface area contributed by atoms with Crippen molar-refractivity contribution in [3.05, 3.63) is 48.2 Å². The Morgan fingerprint density at radius 1 is 1.42 bits per heavy atom. The SMILES string of the molecule is CCN(c1cccc(F)c1)c1cncc(C(=O)O)n1. The summed E-state index contributed by atoms with van der Waals surface area (Å²) in [7, 11) is 0. The minimum Gasteiger partial charge on any atom is -0.476 e. The van der Waals surface area contributed by atoms with Crippen LogP contribution in [0.5, 0.6) is 0 Å². The first-order valence-corrected chi connectivity index (χ1v) is 5.70. The topological polar surface area (TPSA) is 66.3 Å². The number of carboxylic acid groups (broad SMARTS) is 1. The van der Waals surface area contributed by atoms with E-state index in [9.17, 15) is 9.18 Å². The van der Waals surface area contributed by atoms with Gasteiger partial charge in [-0.25, -0.2) is 14.2 Å². The second kappa shape index (κ2) is 5.43. The molecule has 0 atom stereocenters. The molecule has 1 heterocycles. The molecule has 1 aromatic heterocycles. The van der Waals surface area contributed by atoms with Gasteiger partial charge in [-0.15, -0.1) is 0 Å². The van der Waals surface area contributed by atoms with E-state index in [1.165, 1.54) is 24.5 Å². The summed E-state index contributed by atoms with van der Waals surface area (Å²) in [5, 5.41) is 8.90. The van der Waals surface area contributed by atoms with Crippen LogP contribution in [0.3, 0.4) is 0 Å². The molecule has 0 radical (unpaired) electrons. The highest BCUT2D eigenvalue weighted by atomic mass is 19.1. The first-order valence-electron chi connectivity index (χ1n) is 5.70. The number of carboxylic acids is 1. The Kier molecular flexibility index (Phi) is 3.70. The summed E-state index contributed by atoms with van der Waals surface area (Å²) >= 11 is 0. The third kappa shape index (κ3) is 2.85. The zero-order valence-electron chi connectivity index (χ0n) is 10.2. The summed E-state index contributed by atoms with van der Waals surface area (Å²) < 4.78 is 13.2. The van der Waals surface area contributed by atoms with Crippen LogP contribution in [0.2, 0.25) is 0 Å². The van der Waals surface area contributed by atoms with Crippen LogP contribution in [-0.2, 0) is 0 Å². The predicted octanol–water partition coefficient (Wildman–Crippen LogP) is 2.47. The zero-order chi connectivity index (χ0) is 13.8. The summed E-state index contributed by atoms with van der Waals surface area (Å²) in [6, 6.07) is 6.01. The van der Waals surface area contributed by atoms with Gasteiger partial charge in [0.2, 0.25) is 0 Å². The Morgan fingerprint density at radius 2 is 2.21 bits per heavy atom. The van der Waals surface area contributed by atoms with Crippen LogP contribution in [0.25, 0.3) is 0 Å². The van der Waals surface area contributed by atoms with Crippen LogP contribution in [-0.4, -0.2) is 27.6 Å². The molecule has 0 aliphatic carbocycles. The lowest BCUT2D eigenvalue weighted by molar-refractivity contribution is 0.0690. The van der Waals surface area contributed by atoms with Crippen molar-refractivity contribution >= 4 is 17.5 Å². The molecule has 0 unspecified atom stereocenters. The molecular formula is C13H12FN3O2. The normalized spacial score (nSPS) is 10.2. The van der Waals surface area contributed by atoms with Crippen molar-refractivity contribution in [3.63, 3.8) is 0 Å². The van der Waals surface area contributed by atoms with Crippen LogP contribution in [0.4, 0.5) is 15.9 Å². The van der Waals surface area contributed by atoms with Gasteiger partial charge in [-0.3, -0.25) is 4.98 Å². The van der Waals surface area contributed by atoms with Crippen molar-refractivity contribution in [1.29, 1.82) is 0 Å². The molecule has 2 aromatic rings. The number of anilines is 2. The Balaban J connectivity index is 2.42. The van der Waals surface area contributed by atoms with Crippen molar-refractivity contribution in [1.82, 2.24) is 9.97 Å². The molecule has 0 amide bonds. The molecule has 2 rings (SSSR count). The fourth-order valence-corrected chi connectivity index (χ4v) is 1.71. The van der Waals surface area contributed by atoms with E-state index in [4.69, 9.17) is 5.11 Å². The van der Waals surface area contributed by atoms with Crippen molar-refractivity contribution in [3.8, 4) is 0 Å². The molecule has 1 N–H and O–H groups in total. The number of hydrogen-bond donors (Lipinski definition) is 1. The maximum atomic E-state index is 13.2. The number of aromatic carboxylic acids is 1. The largest absolute Gasteiger partial charge is 0.476 e. The first kappa shape index (κ1) is 12.9. The molecule has 0 saturated heterocycles. The van der Waals surface area contributed by atoms with Gasteiger partial charge >= 0.3 is 5.97 Å². The Hall–Kier alpha value is -2.50. The van der Waals surface area contributed by atoms with Gasteiger partial charge in [0.05, 0.1) is 12.4 Å². The quantitative estimate of drug-likeness (QED) is 0.915. The van der Waals surface area contributed by atoms with E-state index >= 15 is 0 Å². The van der Waals surface area contributed by atoms with Gasteiger partial charge in [0.15, 0.2) is 11.5 Å². The lowest BCUT2D eigenvalue weighted by Crippen LogP contribution is -2.19. The molecule has 0 saturated carbocycles. The lowest BCUT2D eigenvalue weighted by Gasteiger charge is -2.21. The van der Waals surface area contributed by atoms with Gasteiger partial charge in [-0.05, 0) is 25.1 Å². The van der Waals surface area contributed by atoms with Crippen molar-refractivity contribution in [2.75, 3.05) is 11.4 Å². The average molecular weight is 261 g/mol. The molecule has 0 aliphatic rings. The number of hydrogen-bond acceptors (Lipinski definition) is 4. The van der Waals surface area contributed by atoms with Gasteiger partial charge in [0.1, 0.15) is 5.82 Å². The highest BCUT2D eigenvalue weighted by Crippen LogP contribution is 2.23.